The molecule has 3 rings (SSSR count). The molecule has 0 unspecified atom stereocenters. The molecule has 0 fully saturated rings. The number of hydrazone groups is 1. The normalized spacial score (nSPS) is 17.9. The van der Waals surface area contributed by atoms with E-state index in [0.717, 1.165) is 16.9 Å². The SMILES string of the molecule is CC1=NN(c2ccccc2)C(=O)[C@H]1N=Nc1ccc(C)cc1C. The second kappa shape index (κ2) is 6.12. The van der Waals surface area contributed by atoms with Crippen molar-refractivity contribution in [3.63, 3.8) is 0 Å². The molecule has 1 amide bonds. The van der Waals surface area contributed by atoms with Crippen LogP contribution >= 0.6 is 0 Å². The van der Waals surface area contributed by atoms with Gasteiger partial charge in [0.25, 0.3) is 5.91 Å². The Morgan fingerprint density at radius 3 is 2.48 bits per heavy atom. The topological polar surface area (TPSA) is 57.4 Å². The van der Waals surface area contributed by atoms with Crippen molar-refractivity contribution in [2.24, 2.45) is 15.3 Å². The molecule has 1 aliphatic heterocycles. The Labute approximate surface area is 135 Å². The number of benzene rings is 2. The fourth-order valence-electron chi connectivity index (χ4n) is 2.48. The van der Waals surface area contributed by atoms with Crippen molar-refractivity contribution in [3.05, 3.63) is 59.7 Å². The van der Waals surface area contributed by atoms with Crippen molar-refractivity contribution in [1.29, 1.82) is 0 Å². The first-order chi connectivity index (χ1) is 11.1. The van der Waals surface area contributed by atoms with Crippen LogP contribution in [0.15, 0.2) is 63.9 Å². The van der Waals surface area contributed by atoms with Crippen molar-refractivity contribution >= 4 is 23.0 Å². The Morgan fingerprint density at radius 2 is 1.78 bits per heavy atom. The fraction of sp³-hybridized carbons (Fsp3) is 0.222. The minimum Gasteiger partial charge on any atom is -0.269 e. The van der Waals surface area contributed by atoms with Gasteiger partial charge in [-0.2, -0.15) is 20.3 Å². The quantitative estimate of drug-likeness (QED) is 0.785. The first kappa shape index (κ1) is 15.1. The van der Waals surface area contributed by atoms with Crippen molar-refractivity contribution in [1.82, 2.24) is 0 Å². The molecule has 0 saturated heterocycles. The van der Waals surface area contributed by atoms with Gasteiger partial charge in [0.15, 0.2) is 6.04 Å². The standard InChI is InChI=1S/C18H18N4O/c1-12-9-10-16(13(2)11-12)19-20-17-14(3)21-22(18(17)23)15-7-5-4-6-8-15/h4-11,17H,1-3H3/t17-/m0/s1. The zero-order chi connectivity index (χ0) is 16.4. The molecule has 1 heterocycles. The highest BCUT2D eigenvalue weighted by Crippen LogP contribution is 2.24. The number of hydrogen-bond donors (Lipinski definition) is 0. The Kier molecular flexibility index (Phi) is 4.02. The highest BCUT2D eigenvalue weighted by atomic mass is 16.2. The van der Waals surface area contributed by atoms with Crippen LogP contribution in [-0.2, 0) is 4.79 Å². The summed E-state index contributed by atoms with van der Waals surface area (Å²) in [6, 6.07) is 14.6. The molecule has 2 aromatic rings. The van der Waals surface area contributed by atoms with Gasteiger partial charge in [0.05, 0.1) is 17.1 Å². The first-order valence-corrected chi connectivity index (χ1v) is 7.48. The van der Waals surface area contributed by atoms with Crippen LogP contribution in [0.25, 0.3) is 0 Å². The molecule has 0 aromatic heterocycles. The molecule has 0 saturated carbocycles. The van der Waals surface area contributed by atoms with E-state index in [4.69, 9.17) is 0 Å². The molecule has 0 spiro atoms. The van der Waals surface area contributed by atoms with Crippen LogP contribution in [0.4, 0.5) is 11.4 Å². The predicted molar refractivity (Wildman–Crippen MR) is 91.3 cm³/mol. The second-order valence-electron chi connectivity index (χ2n) is 5.63. The van der Waals surface area contributed by atoms with Gasteiger partial charge in [0.1, 0.15) is 0 Å². The smallest absolute Gasteiger partial charge is 0.269 e. The van der Waals surface area contributed by atoms with Gasteiger partial charge in [-0.3, -0.25) is 4.79 Å². The summed E-state index contributed by atoms with van der Waals surface area (Å²) < 4.78 is 0. The third-order valence-electron chi connectivity index (χ3n) is 3.73. The van der Waals surface area contributed by atoms with Gasteiger partial charge < -0.3 is 0 Å². The van der Waals surface area contributed by atoms with Crippen LogP contribution in [-0.4, -0.2) is 17.7 Å². The molecule has 5 heteroatoms. The molecule has 5 nitrogen and oxygen atoms in total. The predicted octanol–water partition coefficient (Wildman–Crippen LogP) is 4.18. The van der Waals surface area contributed by atoms with Crippen LogP contribution in [0.2, 0.25) is 0 Å². The van der Waals surface area contributed by atoms with E-state index in [2.05, 4.69) is 15.3 Å². The summed E-state index contributed by atoms with van der Waals surface area (Å²) >= 11 is 0. The van der Waals surface area contributed by atoms with Gasteiger partial charge in [-0.25, -0.2) is 0 Å². The van der Waals surface area contributed by atoms with Crippen molar-refractivity contribution in [2.75, 3.05) is 5.01 Å². The van der Waals surface area contributed by atoms with E-state index in [9.17, 15) is 4.79 Å². The Morgan fingerprint density at radius 1 is 1.04 bits per heavy atom. The fourth-order valence-corrected chi connectivity index (χ4v) is 2.48. The number of hydrogen-bond acceptors (Lipinski definition) is 4. The summed E-state index contributed by atoms with van der Waals surface area (Å²) in [7, 11) is 0. The van der Waals surface area contributed by atoms with Gasteiger partial charge in [0.2, 0.25) is 0 Å². The van der Waals surface area contributed by atoms with Crippen LogP contribution in [0.1, 0.15) is 18.1 Å². The average molecular weight is 306 g/mol. The van der Waals surface area contributed by atoms with Gasteiger partial charge >= 0.3 is 0 Å². The van der Waals surface area contributed by atoms with Gasteiger partial charge in [-0.15, -0.1) is 0 Å². The molecular formula is C18H18N4O. The minimum absolute atomic E-state index is 0.179. The molecule has 2 aromatic carbocycles. The first-order valence-electron chi connectivity index (χ1n) is 7.48. The van der Waals surface area contributed by atoms with Gasteiger partial charge in [-0.05, 0) is 44.5 Å². The molecule has 23 heavy (non-hydrogen) atoms. The number of carbonyl (C=O) groups is 1. The largest absolute Gasteiger partial charge is 0.280 e. The van der Waals surface area contributed by atoms with Gasteiger partial charge in [0, 0.05) is 0 Å². The summed E-state index contributed by atoms with van der Waals surface area (Å²) in [6.07, 6.45) is 0. The Balaban J connectivity index is 1.83. The summed E-state index contributed by atoms with van der Waals surface area (Å²) in [5, 5.41) is 14.2. The lowest BCUT2D eigenvalue weighted by Crippen LogP contribution is -2.29. The van der Waals surface area contributed by atoms with Crippen LogP contribution in [0.3, 0.4) is 0 Å². The number of anilines is 1. The summed E-state index contributed by atoms with van der Waals surface area (Å²) in [6.45, 7) is 5.81. The zero-order valence-corrected chi connectivity index (χ0v) is 13.4. The van der Waals surface area contributed by atoms with E-state index < -0.39 is 6.04 Å². The van der Waals surface area contributed by atoms with E-state index >= 15 is 0 Å². The highest BCUT2D eigenvalue weighted by Gasteiger charge is 2.34. The Hall–Kier alpha value is -2.82. The maximum atomic E-state index is 12.5. The molecule has 0 radical (unpaired) electrons. The molecule has 0 aliphatic carbocycles. The van der Waals surface area contributed by atoms with E-state index in [1.165, 1.54) is 10.6 Å². The van der Waals surface area contributed by atoms with Crippen molar-refractivity contribution in [2.45, 2.75) is 26.8 Å². The lowest BCUT2D eigenvalue weighted by molar-refractivity contribution is -0.117. The van der Waals surface area contributed by atoms with E-state index in [1.54, 1.807) is 6.92 Å². The van der Waals surface area contributed by atoms with E-state index in [1.807, 2.05) is 62.4 Å². The maximum absolute atomic E-state index is 12.5. The number of amides is 1. The number of para-hydroxylation sites is 1. The average Bonchev–Trinajstić information content (AvgIpc) is 2.82. The molecular weight excluding hydrogens is 288 g/mol. The number of azo groups is 1. The third kappa shape index (κ3) is 3.04. The summed E-state index contributed by atoms with van der Waals surface area (Å²) in [5.74, 6) is -0.179. The number of carbonyl (C=O) groups excluding carboxylic acids is 1. The second-order valence-corrected chi connectivity index (χ2v) is 5.63. The highest BCUT2D eigenvalue weighted by molar-refractivity contribution is 6.18. The molecule has 1 atom stereocenters. The van der Waals surface area contributed by atoms with E-state index in [-0.39, 0.29) is 5.91 Å². The summed E-state index contributed by atoms with van der Waals surface area (Å²) in [5.41, 5.74) is 4.36. The minimum atomic E-state index is -0.657. The van der Waals surface area contributed by atoms with Gasteiger partial charge in [-0.1, -0.05) is 35.9 Å². The maximum Gasteiger partial charge on any atom is 0.280 e. The molecule has 116 valence electrons. The number of nitrogens with zero attached hydrogens (tertiary/aromatic N) is 4. The monoisotopic (exact) mass is 306 g/mol. The third-order valence-corrected chi connectivity index (χ3v) is 3.73. The summed E-state index contributed by atoms with van der Waals surface area (Å²) in [4.78, 5) is 12.5. The van der Waals surface area contributed by atoms with Crippen LogP contribution < -0.4 is 5.01 Å². The lowest BCUT2D eigenvalue weighted by atomic mass is 10.1. The molecule has 0 N–H and O–H groups in total. The van der Waals surface area contributed by atoms with Crippen LogP contribution in [0.5, 0.6) is 0 Å². The zero-order valence-electron chi connectivity index (χ0n) is 13.4. The van der Waals surface area contributed by atoms with Crippen molar-refractivity contribution < 1.29 is 4.79 Å². The number of rotatable bonds is 3. The lowest BCUT2D eigenvalue weighted by Gasteiger charge is -2.11. The number of aryl methyl sites for hydroxylation is 2. The van der Waals surface area contributed by atoms with Crippen LogP contribution in [0, 0.1) is 13.8 Å². The molecule has 0 bridgehead atoms. The van der Waals surface area contributed by atoms with E-state index in [0.29, 0.717) is 5.71 Å². The Bertz CT molecular complexity index is 796. The molecule has 1 aliphatic rings. The van der Waals surface area contributed by atoms with Crippen molar-refractivity contribution in [3.8, 4) is 0 Å².